The molecule has 1 aliphatic carbocycles. The van der Waals surface area contributed by atoms with Gasteiger partial charge >= 0.3 is 12.0 Å². The van der Waals surface area contributed by atoms with E-state index in [1.54, 1.807) is 11.0 Å². The molecule has 1 aliphatic heterocycles. The van der Waals surface area contributed by atoms with Crippen LogP contribution in [0.25, 0.3) is 0 Å². The molecule has 0 spiro atoms. The van der Waals surface area contributed by atoms with Crippen molar-refractivity contribution in [3.05, 3.63) is 65.0 Å². The van der Waals surface area contributed by atoms with E-state index in [0.29, 0.717) is 24.6 Å². The van der Waals surface area contributed by atoms with E-state index in [9.17, 15) is 18.8 Å². The van der Waals surface area contributed by atoms with Crippen molar-refractivity contribution in [1.82, 2.24) is 10.2 Å². The minimum atomic E-state index is -1.27. The van der Waals surface area contributed by atoms with Gasteiger partial charge in [-0.1, -0.05) is 32.0 Å². The number of amides is 3. The first-order valence-electron chi connectivity index (χ1n) is 12.7. The minimum Gasteiger partial charge on any atom is -0.478 e. The molecule has 2 aliphatic rings. The van der Waals surface area contributed by atoms with Crippen LogP contribution in [0.15, 0.2) is 42.5 Å². The lowest BCUT2D eigenvalue weighted by Gasteiger charge is -2.31. The highest BCUT2D eigenvalue weighted by molar-refractivity contribution is 5.94. The maximum absolute atomic E-state index is 14.1. The summed E-state index contributed by atoms with van der Waals surface area (Å²) < 4.78 is 14.1. The van der Waals surface area contributed by atoms with Crippen molar-refractivity contribution < 1.29 is 23.9 Å². The lowest BCUT2D eigenvalue weighted by Crippen LogP contribution is -2.50. The Kier molecular flexibility index (Phi) is 7.91. The fourth-order valence-corrected chi connectivity index (χ4v) is 5.26. The predicted molar refractivity (Wildman–Crippen MR) is 136 cm³/mol. The Balaban J connectivity index is 1.29. The number of likely N-dealkylation sites (tertiary alicyclic amines) is 1. The molecule has 192 valence electrons. The molecule has 1 saturated heterocycles. The summed E-state index contributed by atoms with van der Waals surface area (Å²) in [6.07, 6.45) is 4.47. The lowest BCUT2D eigenvalue weighted by atomic mass is 9.81. The fourth-order valence-electron chi connectivity index (χ4n) is 5.26. The van der Waals surface area contributed by atoms with E-state index >= 15 is 0 Å². The molecule has 1 atom stereocenters. The second-order valence-electron chi connectivity index (χ2n) is 10.2. The van der Waals surface area contributed by atoms with E-state index in [1.165, 1.54) is 17.7 Å². The topological polar surface area (TPSA) is 98.7 Å². The molecule has 0 radical (unpaired) electrons. The average Bonchev–Trinajstić information content (AvgIpc) is 3.35. The summed E-state index contributed by atoms with van der Waals surface area (Å²) in [5.41, 5.74) is 2.38. The number of hydrogen-bond donors (Lipinski definition) is 3. The summed E-state index contributed by atoms with van der Waals surface area (Å²) >= 11 is 0. The Labute approximate surface area is 211 Å². The first-order valence-corrected chi connectivity index (χ1v) is 12.7. The number of carbonyl (C=O) groups excluding carboxylic acids is 2. The van der Waals surface area contributed by atoms with Crippen LogP contribution in [0, 0.1) is 5.82 Å². The molecule has 1 heterocycles. The van der Waals surface area contributed by atoms with Crippen LogP contribution < -0.4 is 10.6 Å². The Morgan fingerprint density at radius 1 is 1.00 bits per heavy atom. The number of urea groups is 1. The summed E-state index contributed by atoms with van der Waals surface area (Å²) in [6, 6.07) is 11.3. The van der Waals surface area contributed by atoms with Gasteiger partial charge in [-0.05, 0) is 85.8 Å². The van der Waals surface area contributed by atoms with Gasteiger partial charge in [0.2, 0.25) is 5.91 Å². The Bertz CT molecular complexity index is 1110. The molecule has 0 unspecified atom stereocenters. The Hall–Kier alpha value is -3.42. The van der Waals surface area contributed by atoms with Gasteiger partial charge in [0.25, 0.3) is 0 Å². The van der Waals surface area contributed by atoms with E-state index in [1.807, 2.05) is 24.3 Å². The van der Waals surface area contributed by atoms with E-state index in [-0.39, 0.29) is 29.5 Å². The molecule has 8 heteroatoms. The minimum absolute atomic E-state index is 0.00554. The van der Waals surface area contributed by atoms with Crippen LogP contribution in [0.1, 0.15) is 85.7 Å². The van der Waals surface area contributed by atoms with Crippen LogP contribution >= 0.6 is 0 Å². The first kappa shape index (κ1) is 25.7. The number of nitrogens with one attached hydrogen (secondary N) is 2. The highest BCUT2D eigenvalue weighted by Gasteiger charge is 2.35. The number of carboxylic acids is 1. The standard InChI is InChI=1S/C28H34FN3O4/c1-17(2)18-5-10-22(11-6-18)31-28(36)32-15-3-4-25(32)26(33)30-21-12-7-19(8-13-21)20-9-14-23(27(34)35)24(29)16-20/h5-6,9-11,14,16-17,19,21,25H,3-4,7-8,12-13,15H2,1-2H3,(H,30,33)(H,31,36)(H,34,35)/t19?,21?,25-/m1/s1. The molecule has 0 aromatic heterocycles. The third-order valence-electron chi connectivity index (χ3n) is 7.41. The predicted octanol–water partition coefficient (Wildman–Crippen LogP) is 5.49. The highest BCUT2D eigenvalue weighted by Crippen LogP contribution is 2.34. The van der Waals surface area contributed by atoms with Crippen molar-refractivity contribution in [2.45, 2.75) is 76.3 Å². The smallest absolute Gasteiger partial charge is 0.338 e. The Morgan fingerprint density at radius 2 is 1.69 bits per heavy atom. The van der Waals surface area contributed by atoms with Gasteiger partial charge in [0.1, 0.15) is 11.9 Å². The maximum atomic E-state index is 14.1. The van der Waals surface area contributed by atoms with Crippen LogP contribution in [0.3, 0.4) is 0 Å². The van der Waals surface area contributed by atoms with Crippen LogP contribution in [0.2, 0.25) is 0 Å². The summed E-state index contributed by atoms with van der Waals surface area (Å²) in [5.74, 6) is -1.57. The number of rotatable bonds is 6. The largest absolute Gasteiger partial charge is 0.478 e. The number of benzene rings is 2. The Morgan fingerprint density at radius 3 is 2.31 bits per heavy atom. The molecule has 0 bridgehead atoms. The quantitative estimate of drug-likeness (QED) is 0.494. The molecule has 2 aromatic rings. The third-order valence-corrected chi connectivity index (χ3v) is 7.41. The van der Waals surface area contributed by atoms with Crippen molar-refractivity contribution in [3.63, 3.8) is 0 Å². The van der Waals surface area contributed by atoms with E-state index in [2.05, 4.69) is 24.5 Å². The van der Waals surface area contributed by atoms with E-state index in [0.717, 1.165) is 37.7 Å². The number of carboxylic acid groups (broad SMARTS) is 1. The number of aromatic carboxylic acids is 1. The van der Waals surface area contributed by atoms with Crippen molar-refractivity contribution in [3.8, 4) is 0 Å². The average molecular weight is 496 g/mol. The normalized spacial score (nSPS) is 21.9. The molecule has 36 heavy (non-hydrogen) atoms. The van der Waals surface area contributed by atoms with Gasteiger partial charge in [-0.25, -0.2) is 14.0 Å². The van der Waals surface area contributed by atoms with Crippen molar-refractivity contribution >= 4 is 23.6 Å². The SMILES string of the molecule is CC(C)c1ccc(NC(=O)N2CCC[C@@H]2C(=O)NC2CCC(c3ccc(C(=O)O)c(F)c3)CC2)cc1. The van der Waals surface area contributed by atoms with Crippen molar-refractivity contribution in [2.75, 3.05) is 11.9 Å². The molecular weight excluding hydrogens is 461 g/mol. The number of hydrogen-bond acceptors (Lipinski definition) is 3. The van der Waals surface area contributed by atoms with Gasteiger partial charge in [0.15, 0.2) is 0 Å². The first-order chi connectivity index (χ1) is 17.2. The number of carbonyl (C=O) groups is 3. The van der Waals surface area contributed by atoms with E-state index < -0.39 is 17.8 Å². The number of nitrogens with zero attached hydrogens (tertiary/aromatic N) is 1. The van der Waals surface area contributed by atoms with Gasteiger partial charge in [-0.2, -0.15) is 0 Å². The van der Waals surface area contributed by atoms with Crippen molar-refractivity contribution in [2.24, 2.45) is 0 Å². The zero-order valence-electron chi connectivity index (χ0n) is 20.8. The van der Waals surface area contributed by atoms with Gasteiger partial charge in [-0.15, -0.1) is 0 Å². The highest BCUT2D eigenvalue weighted by atomic mass is 19.1. The molecule has 2 aromatic carbocycles. The van der Waals surface area contributed by atoms with Gasteiger partial charge in [-0.3, -0.25) is 4.79 Å². The van der Waals surface area contributed by atoms with Crippen LogP contribution in [-0.2, 0) is 4.79 Å². The summed E-state index contributed by atoms with van der Waals surface area (Å²) in [5, 5.41) is 15.1. The van der Waals surface area contributed by atoms with Gasteiger partial charge < -0.3 is 20.6 Å². The number of anilines is 1. The molecule has 2 fully saturated rings. The fraction of sp³-hybridized carbons (Fsp3) is 0.464. The van der Waals surface area contributed by atoms with Gasteiger partial charge in [0.05, 0.1) is 5.56 Å². The second kappa shape index (κ2) is 11.1. The van der Waals surface area contributed by atoms with Crippen LogP contribution in [-0.4, -0.2) is 46.5 Å². The van der Waals surface area contributed by atoms with Gasteiger partial charge in [0, 0.05) is 18.3 Å². The molecule has 1 saturated carbocycles. The molecule has 4 rings (SSSR count). The lowest BCUT2D eigenvalue weighted by molar-refractivity contribution is -0.125. The van der Waals surface area contributed by atoms with Crippen LogP contribution in [0.5, 0.6) is 0 Å². The maximum Gasteiger partial charge on any atom is 0.338 e. The molecule has 7 nitrogen and oxygen atoms in total. The summed E-state index contributed by atoms with van der Waals surface area (Å²) in [6.45, 7) is 4.77. The molecule has 3 amide bonds. The monoisotopic (exact) mass is 495 g/mol. The summed E-state index contributed by atoms with van der Waals surface area (Å²) in [4.78, 5) is 38.6. The summed E-state index contributed by atoms with van der Waals surface area (Å²) in [7, 11) is 0. The zero-order chi connectivity index (χ0) is 25.8. The third kappa shape index (κ3) is 5.86. The second-order valence-corrected chi connectivity index (χ2v) is 10.2. The zero-order valence-corrected chi connectivity index (χ0v) is 20.8. The van der Waals surface area contributed by atoms with Crippen LogP contribution in [0.4, 0.5) is 14.9 Å². The van der Waals surface area contributed by atoms with Crippen molar-refractivity contribution in [1.29, 1.82) is 0 Å². The van der Waals surface area contributed by atoms with E-state index in [4.69, 9.17) is 5.11 Å². The number of halogens is 1. The molecular formula is C28H34FN3O4. The molecule has 3 N–H and O–H groups in total.